The Morgan fingerprint density at radius 2 is 1.93 bits per heavy atom. The zero-order chi connectivity index (χ0) is 20.0. The highest BCUT2D eigenvalue weighted by atomic mass is 32.2. The fourth-order valence-corrected chi connectivity index (χ4v) is 5.76. The number of likely N-dealkylation sites (tertiary alicyclic amines) is 1. The van der Waals surface area contributed by atoms with Gasteiger partial charge in [-0.1, -0.05) is 0 Å². The van der Waals surface area contributed by atoms with E-state index in [4.69, 9.17) is 4.74 Å². The van der Waals surface area contributed by atoms with Gasteiger partial charge in [0.05, 0.1) is 33.0 Å². The summed E-state index contributed by atoms with van der Waals surface area (Å²) in [5, 5.41) is 0. The van der Waals surface area contributed by atoms with Gasteiger partial charge in [0.15, 0.2) is 0 Å². The summed E-state index contributed by atoms with van der Waals surface area (Å²) < 4.78 is 21.4. The van der Waals surface area contributed by atoms with Crippen LogP contribution in [0.25, 0.3) is 0 Å². The number of piperidine rings is 1. The third-order valence-corrected chi connectivity index (χ3v) is 7.76. The van der Waals surface area contributed by atoms with Crippen LogP contribution in [-0.2, 0) is 22.1 Å². The van der Waals surface area contributed by atoms with Crippen LogP contribution in [0, 0.1) is 5.41 Å². The second-order valence-electron chi connectivity index (χ2n) is 9.60. The molecule has 1 amide bonds. The number of thiazole rings is 1. The van der Waals surface area contributed by atoms with Crippen LogP contribution in [0.1, 0.15) is 71.0 Å². The Labute approximate surface area is 168 Å². The van der Waals surface area contributed by atoms with Crippen molar-refractivity contribution < 1.29 is 13.7 Å². The van der Waals surface area contributed by atoms with E-state index in [2.05, 4.69) is 9.71 Å². The number of rotatable bonds is 2. The largest absolute Gasteiger partial charge is 0.444 e. The van der Waals surface area contributed by atoms with Gasteiger partial charge >= 0.3 is 6.09 Å². The van der Waals surface area contributed by atoms with Gasteiger partial charge in [-0.15, -0.1) is 11.3 Å². The average Bonchev–Trinajstić information content (AvgIpc) is 3.07. The molecule has 1 N–H and O–H groups in total. The van der Waals surface area contributed by atoms with Gasteiger partial charge in [0.1, 0.15) is 5.60 Å². The van der Waals surface area contributed by atoms with Crippen LogP contribution >= 0.6 is 11.3 Å². The summed E-state index contributed by atoms with van der Waals surface area (Å²) in [6.45, 7) is 12.9. The highest BCUT2D eigenvalue weighted by molar-refractivity contribution is 7.84. The molecule has 0 bridgehead atoms. The first-order chi connectivity index (χ1) is 12.4. The highest BCUT2D eigenvalue weighted by Gasteiger charge is 2.51. The number of fused-ring (bicyclic) bond motifs is 1. The molecular formula is C19H31N3O3S2. The van der Waals surface area contributed by atoms with Crippen molar-refractivity contribution in [3.8, 4) is 0 Å². The lowest BCUT2D eigenvalue weighted by molar-refractivity contribution is 0.00726. The standard InChI is InChI=1S/C19H31N3O3S2/c1-17(2,3)25-16(23)22-9-7-19(8-10-22)11-13-14(26-12-20-13)15(19)21-27(24)18(4,5)6/h12,15,21H,7-11H2,1-6H3. The van der Waals surface area contributed by atoms with Crippen LogP contribution in [0.4, 0.5) is 4.79 Å². The minimum absolute atomic E-state index is 0.0286. The van der Waals surface area contributed by atoms with Crippen molar-refractivity contribution >= 4 is 28.4 Å². The fraction of sp³-hybridized carbons (Fsp3) is 0.789. The minimum atomic E-state index is -1.15. The molecule has 152 valence electrons. The molecule has 2 aliphatic rings. The molecular weight excluding hydrogens is 382 g/mol. The third-order valence-electron chi connectivity index (χ3n) is 5.26. The summed E-state index contributed by atoms with van der Waals surface area (Å²) in [6.07, 6.45) is 2.35. The second-order valence-corrected chi connectivity index (χ2v) is 12.5. The van der Waals surface area contributed by atoms with Gasteiger partial charge in [0.2, 0.25) is 0 Å². The first-order valence-electron chi connectivity index (χ1n) is 9.50. The van der Waals surface area contributed by atoms with Crippen LogP contribution in [0.2, 0.25) is 0 Å². The molecule has 1 aliphatic heterocycles. The Balaban J connectivity index is 1.74. The summed E-state index contributed by atoms with van der Waals surface area (Å²) in [4.78, 5) is 20.0. The van der Waals surface area contributed by atoms with E-state index in [1.165, 1.54) is 4.88 Å². The number of nitrogens with zero attached hydrogens (tertiary/aromatic N) is 2. The number of amides is 1. The van der Waals surface area contributed by atoms with Gasteiger partial charge in [0, 0.05) is 23.4 Å². The minimum Gasteiger partial charge on any atom is -0.444 e. The number of aromatic nitrogens is 1. The maximum Gasteiger partial charge on any atom is 0.410 e. The van der Waals surface area contributed by atoms with Gasteiger partial charge in [-0.25, -0.2) is 18.7 Å². The summed E-state index contributed by atoms with van der Waals surface area (Å²) in [5.74, 6) is 0. The Morgan fingerprint density at radius 3 is 2.48 bits per heavy atom. The molecule has 6 nitrogen and oxygen atoms in total. The molecule has 2 atom stereocenters. The van der Waals surface area contributed by atoms with E-state index < -0.39 is 16.6 Å². The Kier molecular flexibility index (Phi) is 5.47. The van der Waals surface area contributed by atoms with Gasteiger partial charge in [0.25, 0.3) is 0 Å². The van der Waals surface area contributed by atoms with Crippen molar-refractivity contribution in [2.75, 3.05) is 13.1 Å². The van der Waals surface area contributed by atoms with Crippen molar-refractivity contribution in [2.45, 2.75) is 77.2 Å². The molecule has 1 aromatic heterocycles. The Morgan fingerprint density at radius 1 is 1.30 bits per heavy atom. The topological polar surface area (TPSA) is 71.5 Å². The Hall–Kier alpha value is -0.990. The molecule has 8 heteroatoms. The van der Waals surface area contributed by atoms with Crippen molar-refractivity contribution in [3.63, 3.8) is 0 Å². The smallest absolute Gasteiger partial charge is 0.410 e. The molecule has 1 aromatic rings. The lowest BCUT2D eigenvalue weighted by atomic mass is 9.74. The number of hydrogen-bond acceptors (Lipinski definition) is 5. The molecule has 2 unspecified atom stereocenters. The average molecular weight is 414 g/mol. The van der Waals surface area contributed by atoms with E-state index >= 15 is 0 Å². The van der Waals surface area contributed by atoms with Gasteiger partial charge in [-0.05, 0) is 60.8 Å². The Bertz CT molecular complexity index is 725. The molecule has 27 heavy (non-hydrogen) atoms. The zero-order valence-electron chi connectivity index (χ0n) is 17.1. The van der Waals surface area contributed by atoms with Gasteiger partial charge in [-0.3, -0.25) is 0 Å². The van der Waals surface area contributed by atoms with E-state index in [-0.39, 0.29) is 22.3 Å². The number of ether oxygens (including phenoxy) is 1. The predicted molar refractivity (Wildman–Crippen MR) is 109 cm³/mol. The molecule has 1 fully saturated rings. The third kappa shape index (κ3) is 4.38. The van der Waals surface area contributed by atoms with E-state index in [1.54, 1.807) is 16.2 Å². The van der Waals surface area contributed by atoms with Crippen molar-refractivity contribution in [2.24, 2.45) is 5.41 Å². The number of carbonyl (C=O) groups is 1. The van der Waals surface area contributed by atoms with E-state index in [0.29, 0.717) is 13.1 Å². The SMILES string of the molecule is CC(C)(C)OC(=O)N1CCC2(CC1)Cc1ncsc1C2NS(=O)C(C)(C)C. The van der Waals surface area contributed by atoms with Crippen molar-refractivity contribution in [1.29, 1.82) is 0 Å². The van der Waals surface area contributed by atoms with Crippen LogP contribution in [0.5, 0.6) is 0 Å². The monoisotopic (exact) mass is 413 g/mol. The highest BCUT2D eigenvalue weighted by Crippen LogP contribution is 2.53. The van der Waals surface area contributed by atoms with Gasteiger partial charge in [-0.2, -0.15) is 0 Å². The molecule has 0 saturated carbocycles. The lowest BCUT2D eigenvalue weighted by Gasteiger charge is -2.43. The quantitative estimate of drug-likeness (QED) is 0.800. The van der Waals surface area contributed by atoms with E-state index in [9.17, 15) is 9.00 Å². The predicted octanol–water partition coefficient (Wildman–Crippen LogP) is 3.81. The van der Waals surface area contributed by atoms with Gasteiger partial charge < -0.3 is 9.64 Å². The second kappa shape index (κ2) is 7.12. The first-order valence-corrected chi connectivity index (χ1v) is 11.5. The maximum atomic E-state index is 12.8. The first kappa shape index (κ1) is 20.7. The number of carbonyl (C=O) groups excluding carboxylic acids is 1. The molecule has 1 aliphatic carbocycles. The normalized spacial score (nSPS) is 23.3. The molecule has 2 heterocycles. The molecule has 1 saturated heterocycles. The molecule has 3 rings (SSSR count). The molecule has 1 spiro atoms. The van der Waals surface area contributed by atoms with Crippen molar-refractivity contribution in [3.05, 3.63) is 16.1 Å². The van der Waals surface area contributed by atoms with Crippen LogP contribution in [0.15, 0.2) is 5.51 Å². The lowest BCUT2D eigenvalue weighted by Crippen LogP contribution is -2.49. The number of nitrogens with one attached hydrogen (secondary N) is 1. The van der Waals surface area contributed by atoms with Crippen molar-refractivity contribution in [1.82, 2.24) is 14.6 Å². The molecule has 0 aromatic carbocycles. The summed E-state index contributed by atoms with van der Waals surface area (Å²) in [6, 6.07) is 0.0286. The molecule has 0 radical (unpaired) electrons. The fourth-order valence-electron chi connectivity index (χ4n) is 3.75. The summed E-state index contributed by atoms with van der Waals surface area (Å²) >= 11 is 1.64. The number of hydrogen-bond donors (Lipinski definition) is 1. The van der Waals surface area contributed by atoms with Crippen LogP contribution in [0.3, 0.4) is 0 Å². The van der Waals surface area contributed by atoms with Crippen LogP contribution < -0.4 is 4.72 Å². The zero-order valence-corrected chi connectivity index (χ0v) is 18.8. The van der Waals surface area contributed by atoms with Crippen LogP contribution in [-0.4, -0.2) is 43.6 Å². The maximum absolute atomic E-state index is 12.8. The van der Waals surface area contributed by atoms with E-state index in [1.807, 2.05) is 47.1 Å². The summed E-state index contributed by atoms with van der Waals surface area (Å²) in [7, 11) is -1.15. The summed E-state index contributed by atoms with van der Waals surface area (Å²) in [5.41, 5.74) is 2.48. The van der Waals surface area contributed by atoms with E-state index in [0.717, 1.165) is 25.0 Å².